The Balaban J connectivity index is 2.14. The van der Waals surface area contributed by atoms with Gasteiger partial charge < -0.3 is 10.5 Å². The SMILES string of the molecule is NCc1ncc(Oc2cccc(Cl)c2)cn1. The normalized spacial score (nSPS) is 10.1. The van der Waals surface area contributed by atoms with E-state index in [1.807, 2.05) is 12.1 Å². The minimum Gasteiger partial charge on any atom is -0.454 e. The van der Waals surface area contributed by atoms with Crippen molar-refractivity contribution in [2.24, 2.45) is 5.73 Å². The Morgan fingerprint density at radius 3 is 2.56 bits per heavy atom. The van der Waals surface area contributed by atoms with Gasteiger partial charge in [-0.3, -0.25) is 0 Å². The second-order valence-corrected chi connectivity index (χ2v) is 3.53. The predicted molar refractivity (Wildman–Crippen MR) is 61.4 cm³/mol. The van der Waals surface area contributed by atoms with E-state index in [0.717, 1.165) is 0 Å². The van der Waals surface area contributed by atoms with Gasteiger partial charge in [-0.15, -0.1) is 0 Å². The summed E-state index contributed by atoms with van der Waals surface area (Å²) < 4.78 is 5.51. The number of benzene rings is 1. The Kier molecular flexibility index (Phi) is 3.34. The van der Waals surface area contributed by atoms with Crippen LogP contribution in [0.3, 0.4) is 0 Å². The molecule has 0 spiro atoms. The van der Waals surface area contributed by atoms with Gasteiger partial charge in [-0.1, -0.05) is 17.7 Å². The number of aromatic nitrogens is 2. The van der Waals surface area contributed by atoms with E-state index in [1.165, 1.54) is 0 Å². The Bertz CT molecular complexity index is 473. The van der Waals surface area contributed by atoms with Crippen molar-refractivity contribution in [1.29, 1.82) is 0 Å². The number of nitrogens with zero attached hydrogens (tertiary/aromatic N) is 2. The van der Waals surface area contributed by atoms with Gasteiger partial charge in [0.25, 0.3) is 0 Å². The molecule has 16 heavy (non-hydrogen) atoms. The standard InChI is InChI=1S/C11H10ClN3O/c12-8-2-1-3-9(4-8)16-10-6-14-11(5-13)15-7-10/h1-4,6-7H,5,13H2. The summed E-state index contributed by atoms with van der Waals surface area (Å²) in [6, 6.07) is 7.12. The van der Waals surface area contributed by atoms with Crippen LogP contribution in [0.5, 0.6) is 11.5 Å². The van der Waals surface area contributed by atoms with Crippen LogP contribution in [0.15, 0.2) is 36.7 Å². The smallest absolute Gasteiger partial charge is 0.164 e. The summed E-state index contributed by atoms with van der Waals surface area (Å²) in [5, 5.41) is 0.622. The number of rotatable bonds is 3. The van der Waals surface area contributed by atoms with Gasteiger partial charge in [0.1, 0.15) is 11.6 Å². The fraction of sp³-hybridized carbons (Fsp3) is 0.0909. The molecule has 82 valence electrons. The largest absolute Gasteiger partial charge is 0.454 e. The highest BCUT2D eigenvalue weighted by Gasteiger charge is 1.99. The maximum Gasteiger partial charge on any atom is 0.164 e. The number of halogens is 1. The molecule has 5 heteroatoms. The number of hydrogen-bond acceptors (Lipinski definition) is 4. The molecule has 2 rings (SSSR count). The summed E-state index contributed by atoms with van der Waals surface area (Å²) in [5.74, 6) is 1.79. The summed E-state index contributed by atoms with van der Waals surface area (Å²) in [4.78, 5) is 8.04. The van der Waals surface area contributed by atoms with E-state index in [1.54, 1.807) is 24.5 Å². The van der Waals surface area contributed by atoms with E-state index in [9.17, 15) is 0 Å². The lowest BCUT2D eigenvalue weighted by Crippen LogP contribution is -2.02. The molecule has 2 aromatic rings. The van der Waals surface area contributed by atoms with Crippen LogP contribution >= 0.6 is 11.6 Å². The molecule has 0 aliphatic carbocycles. The van der Waals surface area contributed by atoms with Gasteiger partial charge in [-0.05, 0) is 18.2 Å². The number of nitrogens with two attached hydrogens (primary N) is 1. The van der Waals surface area contributed by atoms with E-state index in [0.29, 0.717) is 28.9 Å². The van der Waals surface area contributed by atoms with Crippen LogP contribution in [0.4, 0.5) is 0 Å². The lowest BCUT2D eigenvalue weighted by Gasteiger charge is -2.05. The minimum absolute atomic E-state index is 0.317. The lowest BCUT2D eigenvalue weighted by molar-refractivity contribution is 0.476. The summed E-state index contributed by atoms with van der Waals surface area (Å²) in [7, 11) is 0. The van der Waals surface area contributed by atoms with Crippen molar-refractivity contribution in [3.63, 3.8) is 0 Å². The molecule has 0 amide bonds. The summed E-state index contributed by atoms with van der Waals surface area (Å²) >= 11 is 5.83. The van der Waals surface area contributed by atoms with Crippen molar-refractivity contribution in [2.75, 3.05) is 0 Å². The lowest BCUT2D eigenvalue weighted by atomic mass is 10.3. The van der Waals surface area contributed by atoms with Crippen molar-refractivity contribution in [3.8, 4) is 11.5 Å². The van der Waals surface area contributed by atoms with Gasteiger partial charge in [-0.25, -0.2) is 9.97 Å². The molecule has 0 atom stereocenters. The van der Waals surface area contributed by atoms with E-state index < -0.39 is 0 Å². The van der Waals surface area contributed by atoms with E-state index >= 15 is 0 Å². The molecule has 0 bridgehead atoms. The second kappa shape index (κ2) is 4.92. The van der Waals surface area contributed by atoms with Crippen molar-refractivity contribution in [1.82, 2.24) is 9.97 Å². The molecule has 2 N–H and O–H groups in total. The third-order valence-electron chi connectivity index (χ3n) is 1.90. The Morgan fingerprint density at radius 2 is 1.94 bits per heavy atom. The quantitative estimate of drug-likeness (QED) is 0.887. The molecular formula is C11H10ClN3O. The topological polar surface area (TPSA) is 61.0 Å². The zero-order chi connectivity index (χ0) is 11.4. The molecule has 0 saturated carbocycles. The molecule has 1 aromatic heterocycles. The van der Waals surface area contributed by atoms with Gasteiger partial charge in [0.05, 0.1) is 18.9 Å². The number of ether oxygens (including phenoxy) is 1. The van der Waals surface area contributed by atoms with E-state index in [2.05, 4.69) is 9.97 Å². The first kappa shape index (κ1) is 10.9. The Labute approximate surface area is 98.0 Å². The average molecular weight is 236 g/mol. The molecule has 1 heterocycles. The molecule has 0 saturated heterocycles. The highest BCUT2D eigenvalue weighted by Crippen LogP contribution is 2.22. The van der Waals surface area contributed by atoms with Gasteiger partial charge in [0, 0.05) is 5.02 Å². The molecule has 0 aliphatic heterocycles. The van der Waals surface area contributed by atoms with Crippen molar-refractivity contribution in [3.05, 3.63) is 47.5 Å². The predicted octanol–water partition coefficient (Wildman–Crippen LogP) is 2.38. The van der Waals surface area contributed by atoms with E-state index in [-0.39, 0.29) is 0 Å². The highest BCUT2D eigenvalue weighted by molar-refractivity contribution is 6.30. The maximum absolute atomic E-state index is 5.83. The minimum atomic E-state index is 0.317. The van der Waals surface area contributed by atoms with Crippen molar-refractivity contribution in [2.45, 2.75) is 6.54 Å². The zero-order valence-corrected chi connectivity index (χ0v) is 9.19. The Hall–Kier alpha value is -1.65. The van der Waals surface area contributed by atoms with Crippen LogP contribution in [0.2, 0.25) is 5.02 Å². The third-order valence-corrected chi connectivity index (χ3v) is 2.13. The van der Waals surface area contributed by atoms with Crippen LogP contribution in [0.1, 0.15) is 5.82 Å². The van der Waals surface area contributed by atoms with Crippen LogP contribution in [0.25, 0.3) is 0 Å². The summed E-state index contributed by atoms with van der Waals surface area (Å²) in [6.07, 6.45) is 3.16. The molecule has 1 aromatic carbocycles. The monoisotopic (exact) mass is 235 g/mol. The fourth-order valence-corrected chi connectivity index (χ4v) is 1.35. The second-order valence-electron chi connectivity index (χ2n) is 3.10. The van der Waals surface area contributed by atoms with Gasteiger partial charge in [0.15, 0.2) is 5.75 Å². The molecule has 0 unspecified atom stereocenters. The third kappa shape index (κ3) is 2.68. The van der Waals surface area contributed by atoms with Gasteiger partial charge >= 0.3 is 0 Å². The van der Waals surface area contributed by atoms with E-state index in [4.69, 9.17) is 22.1 Å². The molecular weight excluding hydrogens is 226 g/mol. The summed E-state index contributed by atoms with van der Waals surface area (Å²) in [6.45, 7) is 0.317. The first-order chi connectivity index (χ1) is 7.78. The first-order valence-electron chi connectivity index (χ1n) is 4.72. The summed E-state index contributed by atoms with van der Waals surface area (Å²) in [5.41, 5.74) is 5.39. The first-order valence-corrected chi connectivity index (χ1v) is 5.10. The highest BCUT2D eigenvalue weighted by atomic mass is 35.5. The molecule has 0 radical (unpaired) electrons. The molecule has 0 aliphatic rings. The Morgan fingerprint density at radius 1 is 1.19 bits per heavy atom. The molecule has 0 fully saturated rings. The van der Waals surface area contributed by atoms with Crippen molar-refractivity contribution >= 4 is 11.6 Å². The maximum atomic E-state index is 5.83. The average Bonchev–Trinajstić information content (AvgIpc) is 2.30. The van der Waals surface area contributed by atoms with Gasteiger partial charge in [0.2, 0.25) is 0 Å². The zero-order valence-electron chi connectivity index (χ0n) is 8.43. The van der Waals surface area contributed by atoms with Crippen LogP contribution in [-0.4, -0.2) is 9.97 Å². The van der Waals surface area contributed by atoms with Crippen LogP contribution < -0.4 is 10.5 Å². The number of hydrogen-bond donors (Lipinski definition) is 1. The van der Waals surface area contributed by atoms with Crippen molar-refractivity contribution < 1.29 is 4.74 Å². The van der Waals surface area contributed by atoms with Crippen LogP contribution in [0, 0.1) is 0 Å². The molecule has 4 nitrogen and oxygen atoms in total. The fourth-order valence-electron chi connectivity index (χ4n) is 1.17. The van der Waals surface area contributed by atoms with Crippen LogP contribution in [-0.2, 0) is 6.54 Å². The van der Waals surface area contributed by atoms with Gasteiger partial charge in [-0.2, -0.15) is 0 Å².